The summed E-state index contributed by atoms with van der Waals surface area (Å²) in [6, 6.07) is 15.8. The van der Waals surface area contributed by atoms with Crippen molar-refractivity contribution in [2.75, 3.05) is 19.7 Å². The third kappa shape index (κ3) is 3.71. The summed E-state index contributed by atoms with van der Waals surface area (Å²) in [5.41, 5.74) is 1.81. The van der Waals surface area contributed by atoms with Gasteiger partial charge >= 0.3 is 0 Å². The van der Waals surface area contributed by atoms with Crippen LogP contribution in [0, 0.1) is 0 Å². The normalized spacial score (nSPS) is 18.2. The number of morpholine rings is 1. The highest BCUT2D eigenvalue weighted by Gasteiger charge is 2.25. The number of hydrogen-bond donors (Lipinski definition) is 0. The van der Waals surface area contributed by atoms with Crippen LogP contribution in [0.4, 0.5) is 0 Å². The number of nitrogens with zero attached hydrogens (tertiary/aromatic N) is 2. The van der Waals surface area contributed by atoms with Crippen molar-refractivity contribution in [3.8, 4) is 0 Å². The summed E-state index contributed by atoms with van der Waals surface area (Å²) in [4.78, 5) is 18.4. The SMILES string of the molecule is O=C(c1ccccn1)N1CCOC(CCc2ccccc2)C1. The second-order valence-electron chi connectivity index (χ2n) is 5.48. The molecule has 0 spiro atoms. The molecule has 1 aromatic carbocycles. The second kappa shape index (κ2) is 7.18. The van der Waals surface area contributed by atoms with Crippen molar-refractivity contribution in [2.45, 2.75) is 18.9 Å². The van der Waals surface area contributed by atoms with Gasteiger partial charge in [0, 0.05) is 19.3 Å². The number of benzene rings is 1. The van der Waals surface area contributed by atoms with Crippen LogP contribution in [0.15, 0.2) is 54.7 Å². The molecule has 1 aromatic heterocycles. The van der Waals surface area contributed by atoms with Crippen LogP contribution >= 0.6 is 0 Å². The van der Waals surface area contributed by atoms with Crippen LogP contribution in [-0.4, -0.2) is 41.6 Å². The highest BCUT2D eigenvalue weighted by Crippen LogP contribution is 2.14. The van der Waals surface area contributed by atoms with Gasteiger partial charge in [-0.3, -0.25) is 9.78 Å². The van der Waals surface area contributed by atoms with E-state index in [0.29, 0.717) is 25.4 Å². The topological polar surface area (TPSA) is 42.4 Å². The van der Waals surface area contributed by atoms with Gasteiger partial charge in [0.15, 0.2) is 0 Å². The molecule has 1 aliphatic rings. The zero-order valence-corrected chi connectivity index (χ0v) is 12.5. The maximum Gasteiger partial charge on any atom is 0.272 e. The molecule has 1 atom stereocenters. The van der Waals surface area contributed by atoms with Crippen LogP contribution in [0.2, 0.25) is 0 Å². The van der Waals surface area contributed by atoms with Crippen LogP contribution in [0.25, 0.3) is 0 Å². The highest BCUT2D eigenvalue weighted by atomic mass is 16.5. The Bertz CT molecular complexity index is 601. The van der Waals surface area contributed by atoms with Gasteiger partial charge in [0.05, 0.1) is 12.7 Å². The summed E-state index contributed by atoms with van der Waals surface area (Å²) in [5, 5.41) is 0. The van der Waals surface area contributed by atoms with E-state index in [4.69, 9.17) is 4.74 Å². The Labute approximate surface area is 130 Å². The Morgan fingerprint density at radius 3 is 2.77 bits per heavy atom. The predicted octanol–water partition coefficient (Wildman–Crippen LogP) is 2.56. The van der Waals surface area contributed by atoms with E-state index in [-0.39, 0.29) is 12.0 Å². The molecule has 114 valence electrons. The Morgan fingerprint density at radius 1 is 1.18 bits per heavy atom. The molecule has 1 unspecified atom stereocenters. The fourth-order valence-corrected chi connectivity index (χ4v) is 2.70. The number of hydrogen-bond acceptors (Lipinski definition) is 3. The first-order chi connectivity index (χ1) is 10.8. The Morgan fingerprint density at radius 2 is 2.00 bits per heavy atom. The number of amides is 1. The molecule has 1 amide bonds. The Balaban J connectivity index is 1.56. The molecule has 1 saturated heterocycles. The standard InChI is InChI=1S/C18H20N2O2/c21-18(17-8-4-5-11-19-17)20-12-13-22-16(14-20)10-9-15-6-2-1-3-7-15/h1-8,11,16H,9-10,12-14H2. The molecule has 4 heteroatoms. The van der Waals surface area contributed by atoms with Crippen molar-refractivity contribution in [3.63, 3.8) is 0 Å². The zero-order valence-electron chi connectivity index (χ0n) is 12.5. The zero-order chi connectivity index (χ0) is 15.2. The molecule has 4 nitrogen and oxygen atoms in total. The first kappa shape index (κ1) is 14.7. The van der Waals surface area contributed by atoms with E-state index >= 15 is 0 Å². The molecular formula is C18H20N2O2. The van der Waals surface area contributed by atoms with Crippen molar-refractivity contribution in [2.24, 2.45) is 0 Å². The van der Waals surface area contributed by atoms with Crippen LogP contribution in [-0.2, 0) is 11.2 Å². The van der Waals surface area contributed by atoms with Gasteiger partial charge in [0.1, 0.15) is 5.69 Å². The largest absolute Gasteiger partial charge is 0.375 e. The van der Waals surface area contributed by atoms with Gasteiger partial charge in [-0.2, -0.15) is 0 Å². The first-order valence-corrected chi connectivity index (χ1v) is 7.69. The smallest absolute Gasteiger partial charge is 0.272 e. The van der Waals surface area contributed by atoms with E-state index in [1.54, 1.807) is 12.3 Å². The lowest BCUT2D eigenvalue weighted by Crippen LogP contribution is -2.46. The van der Waals surface area contributed by atoms with Crippen molar-refractivity contribution in [3.05, 3.63) is 66.0 Å². The lowest BCUT2D eigenvalue weighted by molar-refractivity contribution is -0.0247. The number of ether oxygens (including phenoxy) is 1. The van der Waals surface area contributed by atoms with Crippen LogP contribution < -0.4 is 0 Å². The maximum atomic E-state index is 12.4. The van der Waals surface area contributed by atoms with Crippen LogP contribution in [0.3, 0.4) is 0 Å². The number of carbonyl (C=O) groups excluding carboxylic acids is 1. The van der Waals surface area contributed by atoms with Gasteiger partial charge in [0.25, 0.3) is 5.91 Å². The Hall–Kier alpha value is -2.20. The molecule has 1 fully saturated rings. The fraction of sp³-hybridized carbons (Fsp3) is 0.333. The predicted molar refractivity (Wildman–Crippen MR) is 84.6 cm³/mol. The third-order valence-corrected chi connectivity index (χ3v) is 3.91. The maximum absolute atomic E-state index is 12.4. The van der Waals surface area contributed by atoms with Crippen molar-refractivity contribution >= 4 is 5.91 Å². The minimum absolute atomic E-state index is 0.00592. The summed E-state index contributed by atoms with van der Waals surface area (Å²) in [6.45, 7) is 1.87. The summed E-state index contributed by atoms with van der Waals surface area (Å²) in [6.07, 6.45) is 3.65. The number of aromatic nitrogens is 1. The number of aryl methyl sites for hydroxylation is 1. The first-order valence-electron chi connectivity index (χ1n) is 7.69. The molecule has 0 aliphatic carbocycles. The molecule has 0 bridgehead atoms. The molecule has 3 rings (SSSR count). The minimum atomic E-state index is -0.00592. The van der Waals surface area contributed by atoms with Crippen molar-refractivity contribution in [1.29, 1.82) is 0 Å². The molecule has 22 heavy (non-hydrogen) atoms. The average Bonchev–Trinajstić information content (AvgIpc) is 2.61. The van der Waals surface area contributed by atoms with Gasteiger partial charge in [-0.15, -0.1) is 0 Å². The quantitative estimate of drug-likeness (QED) is 0.871. The lowest BCUT2D eigenvalue weighted by atomic mass is 10.1. The third-order valence-electron chi connectivity index (χ3n) is 3.91. The summed E-state index contributed by atoms with van der Waals surface area (Å²) >= 11 is 0. The molecule has 0 N–H and O–H groups in total. The molecule has 2 heterocycles. The molecule has 0 saturated carbocycles. The van der Waals surface area contributed by atoms with Gasteiger partial charge in [-0.25, -0.2) is 0 Å². The average molecular weight is 296 g/mol. The summed E-state index contributed by atoms with van der Waals surface area (Å²) < 4.78 is 5.80. The Kier molecular flexibility index (Phi) is 4.81. The lowest BCUT2D eigenvalue weighted by Gasteiger charge is -2.32. The fourth-order valence-electron chi connectivity index (χ4n) is 2.70. The van der Waals surface area contributed by atoms with E-state index in [1.807, 2.05) is 35.2 Å². The number of rotatable bonds is 4. The van der Waals surface area contributed by atoms with E-state index < -0.39 is 0 Å². The van der Waals surface area contributed by atoms with Gasteiger partial charge in [0.2, 0.25) is 0 Å². The van der Waals surface area contributed by atoms with Gasteiger partial charge in [-0.1, -0.05) is 36.4 Å². The van der Waals surface area contributed by atoms with Crippen molar-refractivity contribution in [1.82, 2.24) is 9.88 Å². The molecule has 0 radical (unpaired) electrons. The van der Waals surface area contributed by atoms with E-state index in [1.165, 1.54) is 5.56 Å². The minimum Gasteiger partial charge on any atom is -0.375 e. The number of carbonyl (C=O) groups is 1. The highest BCUT2D eigenvalue weighted by molar-refractivity contribution is 5.92. The van der Waals surface area contributed by atoms with E-state index in [0.717, 1.165) is 12.8 Å². The van der Waals surface area contributed by atoms with E-state index in [2.05, 4.69) is 17.1 Å². The molecule has 1 aliphatic heterocycles. The van der Waals surface area contributed by atoms with Gasteiger partial charge < -0.3 is 9.64 Å². The summed E-state index contributed by atoms with van der Waals surface area (Å²) in [7, 11) is 0. The summed E-state index contributed by atoms with van der Waals surface area (Å²) in [5.74, 6) is -0.00592. The van der Waals surface area contributed by atoms with Gasteiger partial charge in [-0.05, 0) is 30.5 Å². The number of pyridine rings is 1. The molecular weight excluding hydrogens is 276 g/mol. The van der Waals surface area contributed by atoms with Crippen LogP contribution in [0.5, 0.6) is 0 Å². The monoisotopic (exact) mass is 296 g/mol. The van der Waals surface area contributed by atoms with E-state index in [9.17, 15) is 4.79 Å². The van der Waals surface area contributed by atoms with Crippen LogP contribution in [0.1, 0.15) is 22.5 Å². The van der Waals surface area contributed by atoms with Crippen molar-refractivity contribution < 1.29 is 9.53 Å². The second-order valence-corrected chi connectivity index (χ2v) is 5.48. The molecule has 2 aromatic rings.